The number of rotatable bonds is 8. The summed E-state index contributed by atoms with van der Waals surface area (Å²) in [5, 5.41) is 0.385. The summed E-state index contributed by atoms with van der Waals surface area (Å²) in [6.07, 6.45) is 1.62. The van der Waals surface area contributed by atoms with Gasteiger partial charge in [-0.1, -0.05) is 65.4 Å². The van der Waals surface area contributed by atoms with Gasteiger partial charge in [-0.3, -0.25) is 9.36 Å². The lowest BCUT2D eigenvalue weighted by molar-refractivity contribution is -0.138. The molecule has 0 amide bonds. The minimum absolute atomic E-state index is 0.00163. The molecule has 1 aromatic heterocycles. The zero-order valence-electron chi connectivity index (χ0n) is 21.8. The van der Waals surface area contributed by atoms with Crippen molar-refractivity contribution in [2.75, 3.05) is 13.7 Å². The Labute approximate surface area is 242 Å². The van der Waals surface area contributed by atoms with Crippen LogP contribution in [0.5, 0.6) is 11.5 Å². The molecular weight excluding hydrogens is 574 g/mol. The second-order valence-electron chi connectivity index (χ2n) is 8.77. The largest absolute Gasteiger partial charge is 0.496 e. The van der Waals surface area contributed by atoms with Crippen molar-refractivity contribution < 1.29 is 27.8 Å². The van der Waals surface area contributed by atoms with Crippen molar-refractivity contribution in [1.82, 2.24) is 4.57 Å². The fraction of sp³-hybridized carbons (Fsp3) is 0.167. The third-order valence-electron chi connectivity index (χ3n) is 6.26. The number of ether oxygens (including phenoxy) is 3. The summed E-state index contributed by atoms with van der Waals surface area (Å²) < 4.78 is 42.4. The highest BCUT2D eigenvalue weighted by molar-refractivity contribution is 7.07. The van der Waals surface area contributed by atoms with Gasteiger partial charge in [0.15, 0.2) is 4.80 Å². The van der Waals surface area contributed by atoms with Crippen molar-refractivity contribution in [3.8, 4) is 11.5 Å². The van der Waals surface area contributed by atoms with E-state index in [1.165, 1.54) is 23.8 Å². The van der Waals surface area contributed by atoms with E-state index < -0.39 is 24.2 Å². The SMILES string of the molecule is CCOC(=O)C1=C(c2ccccc2)N=c2s/c(=C\c3ccc(OC(F)F)cc3)c(=O)n2[C@@H]1c1cc(Cl)ccc1OC. The molecule has 1 aliphatic heterocycles. The third kappa shape index (κ3) is 5.79. The third-order valence-corrected chi connectivity index (χ3v) is 7.48. The number of nitrogens with zero attached hydrogens (tertiary/aromatic N) is 2. The normalized spacial score (nSPS) is 15.0. The molecule has 0 spiro atoms. The Bertz CT molecular complexity index is 1800. The Hall–Kier alpha value is -4.28. The number of methoxy groups -OCH3 is 1. The number of carbonyl (C=O) groups is 1. The van der Waals surface area contributed by atoms with Crippen molar-refractivity contribution in [3.05, 3.63) is 120 Å². The van der Waals surface area contributed by atoms with E-state index in [4.69, 9.17) is 26.1 Å². The first kappa shape index (κ1) is 28.3. The van der Waals surface area contributed by atoms with Gasteiger partial charge >= 0.3 is 12.6 Å². The van der Waals surface area contributed by atoms with Gasteiger partial charge in [-0.05, 0) is 48.9 Å². The molecule has 1 aliphatic rings. The molecule has 5 rings (SSSR count). The summed E-state index contributed by atoms with van der Waals surface area (Å²) in [7, 11) is 1.49. The van der Waals surface area contributed by atoms with Crippen LogP contribution in [0.2, 0.25) is 5.02 Å². The van der Waals surface area contributed by atoms with Gasteiger partial charge in [-0.2, -0.15) is 8.78 Å². The van der Waals surface area contributed by atoms with Crippen LogP contribution in [0.1, 0.15) is 29.7 Å². The molecule has 0 fully saturated rings. The molecule has 7 nitrogen and oxygen atoms in total. The highest BCUT2D eigenvalue weighted by atomic mass is 35.5. The number of esters is 1. The molecule has 0 aliphatic carbocycles. The van der Waals surface area contributed by atoms with Crippen molar-refractivity contribution >= 4 is 40.7 Å². The number of alkyl halides is 2. The van der Waals surface area contributed by atoms with Crippen LogP contribution in [-0.4, -0.2) is 30.9 Å². The van der Waals surface area contributed by atoms with Gasteiger partial charge in [0.1, 0.15) is 17.5 Å². The smallest absolute Gasteiger partial charge is 0.387 e. The first-order valence-corrected chi connectivity index (χ1v) is 13.7. The molecule has 41 heavy (non-hydrogen) atoms. The Balaban J connectivity index is 1.79. The van der Waals surface area contributed by atoms with Crippen LogP contribution in [0.25, 0.3) is 11.8 Å². The number of thiazole rings is 1. The quantitative estimate of drug-likeness (QED) is 0.261. The molecule has 210 valence electrons. The fourth-order valence-electron chi connectivity index (χ4n) is 4.55. The predicted molar refractivity (Wildman–Crippen MR) is 152 cm³/mol. The maximum atomic E-state index is 14.0. The average Bonchev–Trinajstić information content (AvgIpc) is 3.27. The van der Waals surface area contributed by atoms with Crippen molar-refractivity contribution in [1.29, 1.82) is 0 Å². The van der Waals surface area contributed by atoms with E-state index in [1.807, 2.05) is 30.3 Å². The van der Waals surface area contributed by atoms with Crippen LogP contribution in [0, 0.1) is 0 Å². The van der Waals surface area contributed by atoms with Crippen LogP contribution in [0.3, 0.4) is 0 Å². The van der Waals surface area contributed by atoms with Crippen LogP contribution in [0.4, 0.5) is 8.78 Å². The van der Waals surface area contributed by atoms with E-state index in [-0.39, 0.29) is 17.9 Å². The number of benzene rings is 3. The second-order valence-corrected chi connectivity index (χ2v) is 10.2. The number of aromatic nitrogens is 1. The number of halogens is 3. The Morgan fingerprint density at radius 3 is 2.51 bits per heavy atom. The lowest BCUT2D eigenvalue weighted by Crippen LogP contribution is -2.40. The zero-order valence-corrected chi connectivity index (χ0v) is 23.4. The van der Waals surface area contributed by atoms with Gasteiger partial charge in [-0.15, -0.1) is 0 Å². The van der Waals surface area contributed by atoms with E-state index in [9.17, 15) is 18.4 Å². The molecule has 0 saturated carbocycles. The van der Waals surface area contributed by atoms with Gasteiger partial charge in [0.25, 0.3) is 5.56 Å². The Morgan fingerprint density at radius 1 is 1.12 bits per heavy atom. The van der Waals surface area contributed by atoms with Crippen LogP contribution < -0.4 is 24.4 Å². The molecule has 0 N–H and O–H groups in total. The average molecular weight is 597 g/mol. The fourth-order valence-corrected chi connectivity index (χ4v) is 5.73. The molecule has 0 unspecified atom stereocenters. The monoisotopic (exact) mass is 596 g/mol. The summed E-state index contributed by atoms with van der Waals surface area (Å²) in [4.78, 5) is 32.7. The molecule has 2 heterocycles. The van der Waals surface area contributed by atoms with Crippen molar-refractivity contribution in [2.24, 2.45) is 4.99 Å². The predicted octanol–water partition coefficient (Wildman–Crippen LogP) is 5.20. The lowest BCUT2D eigenvalue weighted by Gasteiger charge is -2.27. The van der Waals surface area contributed by atoms with Gasteiger partial charge in [0, 0.05) is 16.1 Å². The van der Waals surface area contributed by atoms with Gasteiger partial charge < -0.3 is 14.2 Å². The minimum Gasteiger partial charge on any atom is -0.496 e. The zero-order chi connectivity index (χ0) is 29.1. The van der Waals surface area contributed by atoms with E-state index in [0.717, 1.165) is 11.3 Å². The molecule has 3 aromatic carbocycles. The maximum Gasteiger partial charge on any atom is 0.387 e. The van der Waals surface area contributed by atoms with Gasteiger partial charge in [0.05, 0.1) is 29.5 Å². The van der Waals surface area contributed by atoms with Crippen LogP contribution in [-0.2, 0) is 9.53 Å². The van der Waals surface area contributed by atoms with E-state index >= 15 is 0 Å². The van der Waals surface area contributed by atoms with Gasteiger partial charge in [-0.25, -0.2) is 9.79 Å². The standard InChI is InChI=1S/C30H23ClF2N2O5S/c1-3-39-28(37)24-25(18-7-5-4-6-8-18)34-30-35(26(24)21-16-19(31)11-14-22(21)38-2)27(36)23(41-30)15-17-9-12-20(13-10-17)40-29(32)33/h4-16,26,29H,3H2,1-2H3/b23-15-/t26-/m1/s1. The molecule has 4 aromatic rings. The summed E-state index contributed by atoms with van der Waals surface area (Å²) in [5.74, 6) is -0.219. The highest BCUT2D eigenvalue weighted by Crippen LogP contribution is 2.39. The summed E-state index contributed by atoms with van der Waals surface area (Å²) in [5.41, 5.74) is 1.83. The molecule has 0 saturated heterocycles. The summed E-state index contributed by atoms with van der Waals surface area (Å²) in [6.45, 7) is -1.14. The van der Waals surface area contributed by atoms with Crippen LogP contribution >= 0.6 is 22.9 Å². The molecule has 1 atom stereocenters. The van der Waals surface area contributed by atoms with Crippen molar-refractivity contribution in [3.63, 3.8) is 0 Å². The second kappa shape index (κ2) is 12.1. The Morgan fingerprint density at radius 2 is 1.85 bits per heavy atom. The van der Waals surface area contributed by atoms with E-state index in [1.54, 1.807) is 43.3 Å². The van der Waals surface area contributed by atoms with Crippen LogP contribution in [0.15, 0.2) is 88.2 Å². The highest BCUT2D eigenvalue weighted by Gasteiger charge is 2.36. The number of hydrogen-bond donors (Lipinski definition) is 0. The lowest BCUT2D eigenvalue weighted by atomic mass is 9.92. The Kier molecular flexibility index (Phi) is 8.32. The maximum absolute atomic E-state index is 14.0. The first-order chi connectivity index (χ1) is 19.8. The van der Waals surface area contributed by atoms with Gasteiger partial charge in [0.2, 0.25) is 0 Å². The van der Waals surface area contributed by atoms with E-state index in [0.29, 0.717) is 42.5 Å². The minimum atomic E-state index is -2.94. The number of fused-ring (bicyclic) bond motifs is 1. The number of hydrogen-bond acceptors (Lipinski definition) is 7. The summed E-state index contributed by atoms with van der Waals surface area (Å²) >= 11 is 7.53. The molecular formula is C30H23ClF2N2O5S. The first-order valence-electron chi connectivity index (χ1n) is 12.5. The number of carbonyl (C=O) groups excluding carboxylic acids is 1. The molecule has 11 heteroatoms. The molecule has 0 radical (unpaired) electrons. The summed E-state index contributed by atoms with van der Waals surface area (Å²) in [6, 6.07) is 19.0. The van der Waals surface area contributed by atoms with Crippen molar-refractivity contribution in [2.45, 2.75) is 19.6 Å². The topological polar surface area (TPSA) is 79.1 Å². The van der Waals surface area contributed by atoms with E-state index in [2.05, 4.69) is 4.74 Å². The molecule has 0 bridgehead atoms.